The summed E-state index contributed by atoms with van der Waals surface area (Å²) >= 11 is 0. The fraction of sp³-hybridized carbons (Fsp3) is 0.133. The predicted octanol–water partition coefficient (Wildman–Crippen LogP) is 2.41. The van der Waals surface area contributed by atoms with Gasteiger partial charge in [0.1, 0.15) is 5.82 Å². The molecule has 0 aliphatic rings. The number of hydrogen-bond donors (Lipinski definition) is 2. The smallest absolute Gasteiger partial charge is 0.309 e. The molecule has 1 aromatic heterocycles. The number of nitrogens with one attached hydrogen (secondary N) is 1. The number of pyridine rings is 1. The third-order valence-electron chi connectivity index (χ3n) is 2.85. The van der Waals surface area contributed by atoms with Crippen LogP contribution in [-0.4, -0.2) is 22.0 Å². The van der Waals surface area contributed by atoms with Gasteiger partial charge in [0.15, 0.2) is 0 Å². The molecular weight excluding hydrogens is 275 g/mol. The summed E-state index contributed by atoms with van der Waals surface area (Å²) < 4.78 is 13.8. The molecule has 21 heavy (non-hydrogen) atoms. The van der Waals surface area contributed by atoms with Crippen molar-refractivity contribution in [3.63, 3.8) is 0 Å². The molecule has 0 atom stereocenters. The van der Waals surface area contributed by atoms with Crippen LogP contribution in [-0.2, 0) is 11.2 Å². The number of benzene rings is 1. The van der Waals surface area contributed by atoms with Gasteiger partial charge in [-0.3, -0.25) is 14.6 Å². The first kappa shape index (κ1) is 14.6. The number of hydrogen-bond acceptors (Lipinski definition) is 3. The maximum Gasteiger partial charge on any atom is 0.309 e. The van der Waals surface area contributed by atoms with Gasteiger partial charge in [-0.2, -0.15) is 0 Å². The van der Waals surface area contributed by atoms with Gasteiger partial charge in [-0.15, -0.1) is 0 Å². The monoisotopic (exact) mass is 288 g/mol. The van der Waals surface area contributed by atoms with Crippen LogP contribution in [0.25, 0.3) is 0 Å². The Hall–Kier alpha value is -2.76. The second-order valence-corrected chi connectivity index (χ2v) is 4.50. The first-order valence-electron chi connectivity index (χ1n) is 6.20. The van der Waals surface area contributed by atoms with Crippen LogP contribution >= 0.6 is 0 Å². The summed E-state index contributed by atoms with van der Waals surface area (Å²) in [5.41, 5.74) is 1.08. The molecule has 0 bridgehead atoms. The van der Waals surface area contributed by atoms with Crippen molar-refractivity contribution in [2.24, 2.45) is 0 Å². The van der Waals surface area contributed by atoms with Gasteiger partial charge in [-0.1, -0.05) is 12.1 Å². The molecule has 1 heterocycles. The van der Waals surface area contributed by atoms with Crippen LogP contribution in [0.15, 0.2) is 36.5 Å². The van der Waals surface area contributed by atoms with Crippen molar-refractivity contribution in [1.29, 1.82) is 0 Å². The molecule has 1 amide bonds. The highest BCUT2D eigenvalue weighted by Gasteiger charge is 2.13. The van der Waals surface area contributed by atoms with Crippen LogP contribution in [0.2, 0.25) is 0 Å². The van der Waals surface area contributed by atoms with Crippen molar-refractivity contribution >= 4 is 17.6 Å². The number of aryl methyl sites for hydroxylation is 1. The van der Waals surface area contributed by atoms with E-state index in [2.05, 4.69) is 10.3 Å². The quantitative estimate of drug-likeness (QED) is 0.905. The Morgan fingerprint density at radius 1 is 1.29 bits per heavy atom. The average molecular weight is 288 g/mol. The summed E-state index contributed by atoms with van der Waals surface area (Å²) in [7, 11) is 0. The summed E-state index contributed by atoms with van der Waals surface area (Å²) in [5.74, 6) is -2.13. The molecule has 0 spiro atoms. The van der Waals surface area contributed by atoms with Crippen LogP contribution in [0, 0.1) is 12.7 Å². The Kier molecular flexibility index (Phi) is 4.27. The number of carboxylic acids is 1. The van der Waals surface area contributed by atoms with E-state index in [1.165, 1.54) is 24.4 Å². The SMILES string of the molecule is Cc1cccc(C(=O)Nc2ccc(CC(=O)O)nc2)c1F. The van der Waals surface area contributed by atoms with Crippen molar-refractivity contribution in [2.75, 3.05) is 5.32 Å². The van der Waals surface area contributed by atoms with E-state index in [-0.39, 0.29) is 12.0 Å². The van der Waals surface area contributed by atoms with E-state index in [9.17, 15) is 14.0 Å². The van der Waals surface area contributed by atoms with Gasteiger partial charge in [0.2, 0.25) is 0 Å². The summed E-state index contributed by atoms with van der Waals surface area (Å²) in [6.07, 6.45) is 1.14. The molecule has 6 heteroatoms. The van der Waals surface area contributed by atoms with Crippen LogP contribution in [0.5, 0.6) is 0 Å². The Balaban J connectivity index is 2.12. The van der Waals surface area contributed by atoms with Crippen LogP contribution < -0.4 is 5.32 Å². The lowest BCUT2D eigenvalue weighted by Crippen LogP contribution is -2.14. The van der Waals surface area contributed by atoms with Crippen molar-refractivity contribution in [3.05, 3.63) is 59.2 Å². The number of aliphatic carboxylic acids is 1. The Bertz CT molecular complexity index is 684. The fourth-order valence-electron chi connectivity index (χ4n) is 1.78. The fourth-order valence-corrected chi connectivity index (χ4v) is 1.78. The van der Waals surface area contributed by atoms with E-state index in [1.54, 1.807) is 19.1 Å². The van der Waals surface area contributed by atoms with E-state index in [0.717, 1.165) is 0 Å². The first-order chi connectivity index (χ1) is 9.97. The van der Waals surface area contributed by atoms with Crippen LogP contribution in [0.1, 0.15) is 21.6 Å². The van der Waals surface area contributed by atoms with Gasteiger partial charge in [0, 0.05) is 0 Å². The number of carbonyl (C=O) groups is 2. The van der Waals surface area contributed by atoms with Gasteiger partial charge in [-0.05, 0) is 30.7 Å². The van der Waals surface area contributed by atoms with E-state index in [4.69, 9.17) is 5.11 Å². The zero-order valence-electron chi connectivity index (χ0n) is 11.3. The summed E-state index contributed by atoms with van der Waals surface area (Å²) in [4.78, 5) is 26.4. The molecule has 108 valence electrons. The lowest BCUT2D eigenvalue weighted by Gasteiger charge is -2.07. The van der Waals surface area contributed by atoms with Crippen molar-refractivity contribution < 1.29 is 19.1 Å². The summed E-state index contributed by atoms with van der Waals surface area (Å²) in [6, 6.07) is 7.59. The third kappa shape index (κ3) is 3.62. The number of carboxylic acid groups (broad SMARTS) is 1. The van der Waals surface area contributed by atoms with Crippen molar-refractivity contribution in [3.8, 4) is 0 Å². The molecule has 2 N–H and O–H groups in total. The normalized spacial score (nSPS) is 10.2. The minimum Gasteiger partial charge on any atom is -0.481 e. The maximum absolute atomic E-state index is 13.8. The topological polar surface area (TPSA) is 79.3 Å². The highest BCUT2D eigenvalue weighted by molar-refractivity contribution is 6.04. The molecule has 1 aromatic carbocycles. The number of nitrogens with zero attached hydrogens (tertiary/aromatic N) is 1. The molecule has 0 saturated carbocycles. The minimum atomic E-state index is -0.985. The van der Waals surface area contributed by atoms with E-state index in [1.807, 2.05) is 0 Å². The van der Waals surface area contributed by atoms with E-state index in [0.29, 0.717) is 16.9 Å². The lowest BCUT2D eigenvalue weighted by molar-refractivity contribution is -0.136. The molecule has 2 rings (SSSR count). The van der Waals surface area contributed by atoms with Crippen LogP contribution in [0.4, 0.5) is 10.1 Å². The second-order valence-electron chi connectivity index (χ2n) is 4.50. The number of rotatable bonds is 4. The molecule has 0 fully saturated rings. The van der Waals surface area contributed by atoms with E-state index < -0.39 is 17.7 Å². The highest BCUT2D eigenvalue weighted by atomic mass is 19.1. The molecule has 2 aromatic rings. The largest absolute Gasteiger partial charge is 0.481 e. The zero-order valence-corrected chi connectivity index (χ0v) is 11.3. The van der Waals surface area contributed by atoms with Gasteiger partial charge >= 0.3 is 5.97 Å². The number of halogens is 1. The Labute approximate surface area is 120 Å². The lowest BCUT2D eigenvalue weighted by atomic mass is 10.1. The summed E-state index contributed by atoms with van der Waals surface area (Å²) in [5, 5.41) is 11.2. The predicted molar refractivity (Wildman–Crippen MR) is 74.7 cm³/mol. The molecule has 0 radical (unpaired) electrons. The summed E-state index contributed by atoms with van der Waals surface area (Å²) in [6.45, 7) is 1.58. The molecule has 0 saturated heterocycles. The van der Waals surface area contributed by atoms with Crippen molar-refractivity contribution in [1.82, 2.24) is 4.98 Å². The Morgan fingerprint density at radius 2 is 2.05 bits per heavy atom. The van der Waals surface area contributed by atoms with Gasteiger partial charge in [-0.25, -0.2) is 4.39 Å². The zero-order chi connectivity index (χ0) is 15.4. The van der Waals surface area contributed by atoms with Crippen molar-refractivity contribution in [2.45, 2.75) is 13.3 Å². The third-order valence-corrected chi connectivity index (χ3v) is 2.85. The average Bonchev–Trinajstić information content (AvgIpc) is 2.43. The molecular formula is C15H13FN2O3. The molecule has 5 nitrogen and oxygen atoms in total. The van der Waals surface area contributed by atoms with E-state index >= 15 is 0 Å². The van der Waals surface area contributed by atoms with Gasteiger partial charge in [0.05, 0.1) is 29.6 Å². The molecule has 0 aliphatic carbocycles. The van der Waals surface area contributed by atoms with Crippen LogP contribution in [0.3, 0.4) is 0 Å². The molecule has 0 unspecified atom stereocenters. The highest BCUT2D eigenvalue weighted by Crippen LogP contribution is 2.14. The molecule has 0 aliphatic heterocycles. The minimum absolute atomic E-state index is 0.0513. The van der Waals surface area contributed by atoms with Gasteiger partial charge < -0.3 is 10.4 Å². The number of aromatic nitrogens is 1. The number of amides is 1. The standard InChI is InChI=1S/C15H13FN2O3/c1-9-3-2-4-12(14(9)16)15(21)18-11-6-5-10(17-8-11)7-13(19)20/h2-6,8H,7H2,1H3,(H,18,21)(H,19,20). The number of carbonyl (C=O) groups excluding carboxylic acids is 1. The first-order valence-corrected chi connectivity index (χ1v) is 6.20. The maximum atomic E-state index is 13.8. The Morgan fingerprint density at radius 3 is 2.67 bits per heavy atom. The second kappa shape index (κ2) is 6.13. The van der Waals surface area contributed by atoms with Gasteiger partial charge in [0.25, 0.3) is 5.91 Å². The number of anilines is 1.